The Balaban J connectivity index is 1.73. The fourth-order valence-corrected chi connectivity index (χ4v) is 2.26. The SMILES string of the molecule is CN(C(=O)c1ccc(Oc2cccc(Cl)c2)nc1)c1cccnc1. The van der Waals surface area contributed by atoms with Gasteiger partial charge in [-0.05, 0) is 36.4 Å². The maximum Gasteiger partial charge on any atom is 0.259 e. The fourth-order valence-electron chi connectivity index (χ4n) is 2.08. The molecule has 3 rings (SSSR count). The van der Waals surface area contributed by atoms with Crippen LogP contribution < -0.4 is 9.64 Å². The van der Waals surface area contributed by atoms with Crippen molar-refractivity contribution in [3.8, 4) is 11.6 Å². The molecule has 0 unspecified atom stereocenters. The monoisotopic (exact) mass is 339 g/mol. The Morgan fingerprint density at radius 1 is 1.12 bits per heavy atom. The zero-order valence-corrected chi connectivity index (χ0v) is 13.6. The number of anilines is 1. The van der Waals surface area contributed by atoms with Crippen molar-refractivity contribution in [2.24, 2.45) is 0 Å². The quantitative estimate of drug-likeness (QED) is 0.715. The molecule has 2 heterocycles. The molecule has 24 heavy (non-hydrogen) atoms. The van der Waals surface area contributed by atoms with Gasteiger partial charge in [0, 0.05) is 30.5 Å². The summed E-state index contributed by atoms with van der Waals surface area (Å²) >= 11 is 5.92. The van der Waals surface area contributed by atoms with Gasteiger partial charge in [-0.15, -0.1) is 0 Å². The summed E-state index contributed by atoms with van der Waals surface area (Å²) in [5, 5.41) is 0.581. The van der Waals surface area contributed by atoms with Gasteiger partial charge < -0.3 is 9.64 Å². The molecule has 0 saturated heterocycles. The second-order valence-electron chi connectivity index (χ2n) is 5.02. The molecule has 0 atom stereocenters. The van der Waals surface area contributed by atoms with Crippen molar-refractivity contribution < 1.29 is 9.53 Å². The minimum atomic E-state index is -0.176. The largest absolute Gasteiger partial charge is 0.439 e. The highest BCUT2D eigenvalue weighted by molar-refractivity contribution is 6.30. The predicted molar refractivity (Wildman–Crippen MR) is 92.7 cm³/mol. The van der Waals surface area contributed by atoms with Crippen molar-refractivity contribution in [2.75, 3.05) is 11.9 Å². The average molecular weight is 340 g/mol. The van der Waals surface area contributed by atoms with Gasteiger partial charge in [0.05, 0.1) is 17.4 Å². The highest BCUT2D eigenvalue weighted by Gasteiger charge is 2.14. The Hall–Kier alpha value is -2.92. The van der Waals surface area contributed by atoms with E-state index in [1.165, 1.54) is 11.1 Å². The van der Waals surface area contributed by atoms with E-state index in [1.807, 2.05) is 6.07 Å². The van der Waals surface area contributed by atoms with Crippen LogP contribution in [0.4, 0.5) is 5.69 Å². The summed E-state index contributed by atoms with van der Waals surface area (Å²) in [5.74, 6) is 0.796. The Morgan fingerprint density at radius 3 is 2.67 bits per heavy atom. The zero-order chi connectivity index (χ0) is 16.9. The lowest BCUT2D eigenvalue weighted by atomic mass is 10.2. The van der Waals surface area contributed by atoms with E-state index in [-0.39, 0.29) is 5.91 Å². The molecule has 120 valence electrons. The van der Waals surface area contributed by atoms with E-state index < -0.39 is 0 Å². The molecule has 0 aliphatic carbocycles. The first-order valence-corrected chi connectivity index (χ1v) is 7.59. The third-order valence-electron chi connectivity index (χ3n) is 3.34. The Bertz CT molecular complexity index is 838. The predicted octanol–water partition coefficient (Wildman–Crippen LogP) is 4.20. The number of rotatable bonds is 4. The third-order valence-corrected chi connectivity index (χ3v) is 3.57. The van der Waals surface area contributed by atoms with E-state index in [0.717, 1.165) is 0 Å². The van der Waals surface area contributed by atoms with Gasteiger partial charge in [0.2, 0.25) is 5.88 Å². The van der Waals surface area contributed by atoms with Gasteiger partial charge in [-0.2, -0.15) is 0 Å². The van der Waals surface area contributed by atoms with Crippen molar-refractivity contribution in [3.05, 3.63) is 77.7 Å². The van der Waals surface area contributed by atoms with E-state index >= 15 is 0 Å². The zero-order valence-electron chi connectivity index (χ0n) is 12.9. The Labute approximate surface area is 144 Å². The maximum absolute atomic E-state index is 12.5. The second-order valence-corrected chi connectivity index (χ2v) is 5.46. The minimum absolute atomic E-state index is 0.176. The topological polar surface area (TPSA) is 55.3 Å². The van der Waals surface area contributed by atoms with Crippen molar-refractivity contribution in [1.29, 1.82) is 0 Å². The number of pyridine rings is 2. The summed E-state index contributed by atoms with van der Waals surface area (Å²) in [4.78, 5) is 22.2. The lowest BCUT2D eigenvalue weighted by Gasteiger charge is -2.16. The van der Waals surface area contributed by atoms with Gasteiger partial charge >= 0.3 is 0 Å². The molecular weight excluding hydrogens is 326 g/mol. The fraction of sp³-hybridized carbons (Fsp3) is 0.0556. The van der Waals surface area contributed by atoms with Gasteiger partial charge in [0.1, 0.15) is 5.75 Å². The van der Waals surface area contributed by atoms with Crippen molar-refractivity contribution in [1.82, 2.24) is 9.97 Å². The van der Waals surface area contributed by atoms with Crippen LogP contribution in [0.1, 0.15) is 10.4 Å². The molecule has 0 saturated carbocycles. The Kier molecular flexibility index (Phi) is 4.72. The van der Waals surface area contributed by atoms with Crippen LogP contribution in [0.5, 0.6) is 11.6 Å². The van der Waals surface area contributed by atoms with Crippen LogP contribution in [-0.4, -0.2) is 22.9 Å². The molecule has 5 nitrogen and oxygen atoms in total. The number of carbonyl (C=O) groups is 1. The van der Waals surface area contributed by atoms with Crippen LogP contribution in [0.3, 0.4) is 0 Å². The van der Waals surface area contributed by atoms with Crippen LogP contribution in [0.15, 0.2) is 67.1 Å². The number of aromatic nitrogens is 2. The lowest BCUT2D eigenvalue weighted by Crippen LogP contribution is -2.26. The maximum atomic E-state index is 12.5. The number of hydrogen-bond donors (Lipinski definition) is 0. The number of ether oxygens (including phenoxy) is 1. The number of amides is 1. The molecule has 1 aromatic carbocycles. The molecule has 0 spiro atoms. The van der Waals surface area contributed by atoms with Crippen LogP contribution >= 0.6 is 11.6 Å². The third kappa shape index (κ3) is 3.70. The number of benzene rings is 1. The highest BCUT2D eigenvalue weighted by Crippen LogP contribution is 2.23. The summed E-state index contributed by atoms with van der Waals surface area (Å²) in [5.41, 5.74) is 1.17. The van der Waals surface area contributed by atoms with Crippen molar-refractivity contribution in [2.45, 2.75) is 0 Å². The molecule has 0 fully saturated rings. The first-order chi connectivity index (χ1) is 11.6. The van der Waals surface area contributed by atoms with Gasteiger partial charge in [-0.3, -0.25) is 9.78 Å². The molecule has 2 aromatic heterocycles. The second kappa shape index (κ2) is 7.10. The van der Waals surface area contributed by atoms with Gasteiger partial charge in [-0.1, -0.05) is 17.7 Å². The van der Waals surface area contributed by atoms with E-state index in [2.05, 4.69) is 9.97 Å². The average Bonchev–Trinajstić information content (AvgIpc) is 2.62. The van der Waals surface area contributed by atoms with Crippen LogP contribution in [0, 0.1) is 0 Å². The summed E-state index contributed by atoms with van der Waals surface area (Å²) < 4.78 is 5.61. The molecular formula is C18H14ClN3O2. The molecule has 0 N–H and O–H groups in total. The molecule has 0 radical (unpaired) electrons. The summed E-state index contributed by atoms with van der Waals surface area (Å²) in [6.45, 7) is 0. The van der Waals surface area contributed by atoms with Crippen molar-refractivity contribution >= 4 is 23.2 Å². The van der Waals surface area contributed by atoms with Gasteiger partial charge in [-0.25, -0.2) is 4.98 Å². The smallest absolute Gasteiger partial charge is 0.259 e. The van der Waals surface area contributed by atoms with E-state index in [4.69, 9.17) is 16.3 Å². The minimum Gasteiger partial charge on any atom is -0.439 e. The van der Waals surface area contributed by atoms with Gasteiger partial charge in [0.25, 0.3) is 5.91 Å². The van der Waals surface area contributed by atoms with Crippen LogP contribution in [0.2, 0.25) is 5.02 Å². The lowest BCUT2D eigenvalue weighted by molar-refractivity contribution is 0.0992. The first-order valence-electron chi connectivity index (χ1n) is 7.21. The molecule has 0 aliphatic rings. The number of hydrogen-bond acceptors (Lipinski definition) is 4. The van der Waals surface area contributed by atoms with Crippen molar-refractivity contribution in [3.63, 3.8) is 0 Å². The standard InChI is InChI=1S/C18H14ClN3O2/c1-22(15-5-3-9-20-12-15)18(23)13-7-8-17(21-11-13)24-16-6-2-4-14(19)10-16/h2-12H,1H3. The molecule has 0 aliphatic heterocycles. The molecule has 1 amide bonds. The van der Waals surface area contributed by atoms with E-state index in [0.29, 0.717) is 27.9 Å². The summed E-state index contributed by atoms with van der Waals surface area (Å²) in [7, 11) is 1.69. The Morgan fingerprint density at radius 2 is 2.00 bits per heavy atom. The molecule has 0 bridgehead atoms. The molecule has 3 aromatic rings. The van der Waals surface area contributed by atoms with Crippen LogP contribution in [-0.2, 0) is 0 Å². The summed E-state index contributed by atoms with van der Waals surface area (Å²) in [6, 6.07) is 13.9. The van der Waals surface area contributed by atoms with Gasteiger partial charge in [0.15, 0.2) is 0 Å². The van der Waals surface area contributed by atoms with Crippen LogP contribution in [0.25, 0.3) is 0 Å². The molecule has 6 heteroatoms. The number of carbonyl (C=O) groups excluding carboxylic acids is 1. The van der Waals surface area contributed by atoms with E-state index in [9.17, 15) is 4.79 Å². The highest BCUT2D eigenvalue weighted by atomic mass is 35.5. The number of nitrogens with zero attached hydrogens (tertiary/aromatic N) is 3. The number of halogens is 1. The summed E-state index contributed by atoms with van der Waals surface area (Å²) in [6.07, 6.45) is 4.77. The first kappa shape index (κ1) is 16.0. The van der Waals surface area contributed by atoms with E-state index in [1.54, 1.807) is 61.9 Å². The normalized spacial score (nSPS) is 10.2.